The Labute approximate surface area is 106 Å². The maximum Gasteiger partial charge on any atom is 0.341 e. The van der Waals surface area contributed by atoms with Gasteiger partial charge in [-0.15, -0.1) is 0 Å². The van der Waals surface area contributed by atoms with Gasteiger partial charge < -0.3 is 14.5 Å². The van der Waals surface area contributed by atoms with Gasteiger partial charge >= 0.3 is 5.97 Å². The first-order valence-electron chi connectivity index (χ1n) is 5.65. The molecule has 4 heteroatoms. The Morgan fingerprint density at radius 1 is 1.33 bits per heavy atom. The molecule has 4 nitrogen and oxygen atoms in total. The van der Waals surface area contributed by atoms with Crippen LogP contribution < -0.4 is 5.32 Å². The van der Waals surface area contributed by atoms with Gasteiger partial charge in [0.1, 0.15) is 12.0 Å². The predicted octanol–water partition coefficient (Wildman–Crippen LogP) is 2.99. The van der Waals surface area contributed by atoms with Gasteiger partial charge in [-0.2, -0.15) is 0 Å². The molecule has 1 heterocycles. The summed E-state index contributed by atoms with van der Waals surface area (Å²) in [7, 11) is 1.35. The molecule has 0 radical (unpaired) electrons. The Morgan fingerprint density at radius 2 is 2.06 bits per heavy atom. The number of anilines is 1. The summed E-state index contributed by atoms with van der Waals surface area (Å²) in [6.45, 7) is 2.57. The molecule has 0 aliphatic carbocycles. The first-order valence-corrected chi connectivity index (χ1v) is 5.65. The Morgan fingerprint density at radius 3 is 2.72 bits per heavy atom. The summed E-state index contributed by atoms with van der Waals surface area (Å²) in [5.74, 6) is 0.302. The van der Waals surface area contributed by atoms with Crippen LogP contribution >= 0.6 is 0 Å². The normalized spacial score (nSPS) is 10.1. The van der Waals surface area contributed by atoms with E-state index in [0.29, 0.717) is 17.9 Å². The molecule has 1 N–H and O–H groups in total. The molecule has 0 spiro atoms. The Kier molecular flexibility index (Phi) is 3.67. The summed E-state index contributed by atoms with van der Waals surface area (Å²) >= 11 is 0. The minimum Gasteiger partial charge on any atom is -0.467 e. The first kappa shape index (κ1) is 12.2. The maximum absolute atomic E-state index is 11.2. The minimum absolute atomic E-state index is 0.389. The quantitative estimate of drug-likeness (QED) is 0.841. The van der Waals surface area contributed by atoms with E-state index < -0.39 is 0 Å². The summed E-state index contributed by atoms with van der Waals surface area (Å²) in [4.78, 5) is 11.2. The molecule has 2 aromatic rings. The van der Waals surface area contributed by atoms with Crippen molar-refractivity contribution in [3.05, 3.63) is 53.5 Å². The highest BCUT2D eigenvalue weighted by Crippen LogP contribution is 2.13. The second-order valence-electron chi connectivity index (χ2n) is 4.01. The lowest BCUT2D eigenvalue weighted by Crippen LogP contribution is -2.00. The summed E-state index contributed by atoms with van der Waals surface area (Å²) < 4.78 is 9.88. The highest BCUT2D eigenvalue weighted by molar-refractivity contribution is 5.88. The van der Waals surface area contributed by atoms with E-state index in [9.17, 15) is 4.79 Å². The van der Waals surface area contributed by atoms with Crippen molar-refractivity contribution in [1.82, 2.24) is 0 Å². The second-order valence-corrected chi connectivity index (χ2v) is 4.01. The van der Waals surface area contributed by atoms with Gasteiger partial charge in [0.25, 0.3) is 0 Å². The van der Waals surface area contributed by atoms with Gasteiger partial charge in [0, 0.05) is 5.69 Å². The number of rotatable bonds is 4. The average molecular weight is 245 g/mol. The summed E-state index contributed by atoms with van der Waals surface area (Å²) in [5, 5.41) is 3.21. The van der Waals surface area contributed by atoms with E-state index >= 15 is 0 Å². The number of carbonyl (C=O) groups excluding carboxylic acids is 1. The van der Waals surface area contributed by atoms with E-state index in [1.54, 1.807) is 6.07 Å². The van der Waals surface area contributed by atoms with Crippen molar-refractivity contribution in [2.75, 3.05) is 12.4 Å². The van der Waals surface area contributed by atoms with Crippen molar-refractivity contribution in [1.29, 1.82) is 0 Å². The number of hydrogen-bond donors (Lipinski definition) is 1. The Hall–Kier alpha value is -2.23. The molecule has 1 aromatic carbocycles. The number of aryl methyl sites for hydroxylation is 1. The van der Waals surface area contributed by atoms with Crippen molar-refractivity contribution in [3.63, 3.8) is 0 Å². The van der Waals surface area contributed by atoms with Crippen LogP contribution in [0.15, 0.2) is 41.0 Å². The van der Waals surface area contributed by atoms with Gasteiger partial charge in [-0.1, -0.05) is 17.7 Å². The van der Waals surface area contributed by atoms with Gasteiger partial charge in [0.2, 0.25) is 0 Å². The third-order valence-corrected chi connectivity index (χ3v) is 2.59. The molecule has 0 amide bonds. The Balaban J connectivity index is 1.96. The second kappa shape index (κ2) is 5.40. The summed E-state index contributed by atoms with van der Waals surface area (Å²) in [6.07, 6.45) is 1.40. The van der Waals surface area contributed by atoms with Crippen LogP contribution in [0.4, 0.5) is 5.69 Å². The van der Waals surface area contributed by atoms with E-state index in [2.05, 4.69) is 10.1 Å². The molecule has 0 saturated carbocycles. The topological polar surface area (TPSA) is 51.5 Å². The van der Waals surface area contributed by atoms with Crippen LogP contribution in [0.5, 0.6) is 0 Å². The molecule has 18 heavy (non-hydrogen) atoms. The highest BCUT2D eigenvalue weighted by Gasteiger charge is 2.09. The molecular formula is C14H15NO3. The smallest absolute Gasteiger partial charge is 0.341 e. The fourth-order valence-corrected chi connectivity index (χ4v) is 1.56. The predicted molar refractivity (Wildman–Crippen MR) is 68.6 cm³/mol. The number of methoxy groups -OCH3 is 1. The number of hydrogen-bond acceptors (Lipinski definition) is 4. The molecule has 1 aromatic heterocycles. The van der Waals surface area contributed by atoms with Crippen LogP contribution in [-0.4, -0.2) is 13.1 Å². The maximum atomic E-state index is 11.2. The molecule has 0 fully saturated rings. The zero-order valence-electron chi connectivity index (χ0n) is 10.4. The molecule has 0 saturated heterocycles. The van der Waals surface area contributed by atoms with Gasteiger partial charge in [-0.3, -0.25) is 0 Å². The van der Waals surface area contributed by atoms with Gasteiger partial charge in [-0.25, -0.2) is 4.79 Å². The Bertz CT molecular complexity index is 528. The molecule has 2 rings (SSSR count). The monoisotopic (exact) mass is 245 g/mol. The third kappa shape index (κ3) is 2.91. The lowest BCUT2D eigenvalue weighted by molar-refractivity contribution is 0.0600. The minimum atomic E-state index is -0.389. The molecule has 0 bridgehead atoms. The van der Waals surface area contributed by atoms with Crippen molar-refractivity contribution in [3.8, 4) is 0 Å². The fourth-order valence-electron chi connectivity index (χ4n) is 1.56. The molecule has 94 valence electrons. The molecular weight excluding hydrogens is 230 g/mol. The van der Waals surface area contributed by atoms with Crippen LogP contribution in [0, 0.1) is 6.92 Å². The van der Waals surface area contributed by atoms with Crippen molar-refractivity contribution in [2.45, 2.75) is 13.5 Å². The van der Waals surface area contributed by atoms with Crippen molar-refractivity contribution < 1.29 is 13.9 Å². The zero-order chi connectivity index (χ0) is 13.0. The van der Waals surface area contributed by atoms with Crippen LogP contribution in [0.2, 0.25) is 0 Å². The molecule has 0 unspecified atom stereocenters. The molecule has 0 atom stereocenters. The van der Waals surface area contributed by atoms with E-state index in [0.717, 1.165) is 5.69 Å². The average Bonchev–Trinajstić information content (AvgIpc) is 2.86. The van der Waals surface area contributed by atoms with E-state index in [1.165, 1.54) is 18.9 Å². The summed E-state index contributed by atoms with van der Waals surface area (Å²) in [5.41, 5.74) is 2.65. The number of nitrogens with one attached hydrogen (secondary N) is 1. The number of ether oxygens (including phenoxy) is 1. The van der Waals surface area contributed by atoms with E-state index in [1.807, 2.05) is 31.2 Å². The highest BCUT2D eigenvalue weighted by atomic mass is 16.5. The van der Waals surface area contributed by atoms with Crippen LogP contribution in [-0.2, 0) is 11.3 Å². The summed E-state index contributed by atoms with van der Waals surface area (Å²) in [6, 6.07) is 9.74. The largest absolute Gasteiger partial charge is 0.467 e. The third-order valence-electron chi connectivity index (χ3n) is 2.59. The lowest BCUT2D eigenvalue weighted by Gasteiger charge is -2.04. The zero-order valence-corrected chi connectivity index (χ0v) is 10.4. The van der Waals surface area contributed by atoms with Gasteiger partial charge in [-0.05, 0) is 25.1 Å². The molecule has 0 aliphatic rings. The molecule has 0 aliphatic heterocycles. The van der Waals surface area contributed by atoms with Crippen LogP contribution in [0.1, 0.15) is 21.7 Å². The van der Waals surface area contributed by atoms with E-state index in [-0.39, 0.29) is 5.97 Å². The lowest BCUT2D eigenvalue weighted by atomic mass is 10.2. The number of furan rings is 1. The van der Waals surface area contributed by atoms with Crippen molar-refractivity contribution >= 4 is 11.7 Å². The SMILES string of the molecule is COC(=O)c1coc(CNc2ccc(C)cc2)c1. The van der Waals surface area contributed by atoms with Crippen LogP contribution in [0.25, 0.3) is 0 Å². The number of carbonyl (C=O) groups is 1. The van der Waals surface area contributed by atoms with Crippen LogP contribution in [0.3, 0.4) is 0 Å². The van der Waals surface area contributed by atoms with Crippen molar-refractivity contribution in [2.24, 2.45) is 0 Å². The standard InChI is InChI=1S/C14H15NO3/c1-10-3-5-12(6-4-10)15-8-13-7-11(9-18-13)14(16)17-2/h3-7,9,15H,8H2,1-2H3. The fraction of sp³-hybridized carbons (Fsp3) is 0.214. The first-order chi connectivity index (χ1) is 8.69. The van der Waals surface area contributed by atoms with Gasteiger partial charge in [0.05, 0.1) is 19.2 Å². The number of benzene rings is 1. The van der Waals surface area contributed by atoms with E-state index in [4.69, 9.17) is 4.42 Å². The number of esters is 1. The van der Waals surface area contributed by atoms with Gasteiger partial charge in [0.15, 0.2) is 0 Å².